The molecule has 2 atom stereocenters. The number of nitrogens with one attached hydrogen (secondary N) is 1. The third-order valence-electron chi connectivity index (χ3n) is 3.31. The number of nitrogens with zero attached hydrogens (tertiary/aromatic N) is 1. The lowest BCUT2D eigenvalue weighted by atomic mass is 10.3. The molecule has 0 bridgehead atoms. The summed E-state index contributed by atoms with van der Waals surface area (Å²) in [5, 5.41) is 10.7. The highest BCUT2D eigenvalue weighted by molar-refractivity contribution is 14.1. The number of carboxylic acids is 1. The van der Waals surface area contributed by atoms with Crippen LogP contribution in [0.4, 0.5) is 5.69 Å². The first-order chi connectivity index (χ1) is 11.3. The number of carbonyl (C=O) groups is 4. The number of anilines is 1. The number of carboxylic acid groups (broad SMARTS) is 1. The Morgan fingerprint density at radius 1 is 1.46 bits per heavy atom. The minimum Gasteiger partial charge on any atom is -0.480 e. The maximum absolute atomic E-state index is 12.5. The van der Waals surface area contributed by atoms with Gasteiger partial charge in [0.05, 0.1) is 10.9 Å². The van der Waals surface area contributed by atoms with Crippen LogP contribution in [0, 0.1) is 3.57 Å². The van der Waals surface area contributed by atoms with Crippen molar-refractivity contribution in [3.05, 3.63) is 27.8 Å². The summed E-state index contributed by atoms with van der Waals surface area (Å²) >= 11 is 3.16. The zero-order valence-corrected chi connectivity index (χ0v) is 15.7. The number of benzene rings is 1. The van der Waals surface area contributed by atoms with Gasteiger partial charge in [-0.1, -0.05) is 6.07 Å². The number of hydrogen-bond acceptors (Lipinski definition) is 5. The van der Waals surface area contributed by atoms with Gasteiger partial charge in [0.2, 0.25) is 17.7 Å². The number of thioether (sulfide) groups is 1. The minimum atomic E-state index is -1.18. The molecule has 1 aromatic rings. The van der Waals surface area contributed by atoms with E-state index < -0.39 is 23.2 Å². The predicted octanol–water partition coefficient (Wildman–Crippen LogP) is 1.25. The highest BCUT2D eigenvalue weighted by Gasteiger charge is 2.40. The first-order valence-electron chi connectivity index (χ1n) is 7.03. The molecule has 128 valence electrons. The zero-order valence-electron chi connectivity index (χ0n) is 12.7. The van der Waals surface area contributed by atoms with Crippen molar-refractivity contribution in [2.75, 3.05) is 10.7 Å². The number of carbonyl (C=O) groups excluding carboxylic acids is 3. The SMILES string of the molecule is CC(=O)NC(CSC1CC(=O)N(c2cccc(I)c2)C1=O)C(=O)O. The van der Waals surface area contributed by atoms with Gasteiger partial charge in [-0.2, -0.15) is 0 Å². The molecule has 3 amide bonds. The Hall–Kier alpha value is -1.62. The van der Waals surface area contributed by atoms with Gasteiger partial charge in [-0.25, -0.2) is 9.69 Å². The summed E-state index contributed by atoms with van der Waals surface area (Å²) in [5.41, 5.74) is 0.511. The van der Waals surface area contributed by atoms with Crippen LogP contribution in [-0.4, -0.2) is 45.8 Å². The van der Waals surface area contributed by atoms with Crippen molar-refractivity contribution >= 4 is 63.7 Å². The molecule has 0 aliphatic carbocycles. The van der Waals surface area contributed by atoms with E-state index in [1.165, 1.54) is 6.92 Å². The van der Waals surface area contributed by atoms with Gasteiger partial charge in [0.25, 0.3) is 0 Å². The van der Waals surface area contributed by atoms with Gasteiger partial charge in [-0.15, -0.1) is 11.8 Å². The highest BCUT2D eigenvalue weighted by Crippen LogP contribution is 2.30. The maximum Gasteiger partial charge on any atom is 0.327 e. The Labute approximate surface area is 156 Å². The fourth-order valence-corrected chi connectivity index (χ4v) is 3.94. The lowest BCUT2D eigenvalue weighted by Crippen LogP contribution is -2.42. The molecule has 2 rings (SSSR count). The van der Waals surface area contributed by atoms with E-state index in [1.54, 1.807) is 18.2 Å². The van der Waals surface area contributed by atoms with Crippen LogP contribution < -0.4 is 10.2 Å². The molecule has 1 aromatic carbocycles. The standard InChI is InChI=1S/C15H15IN2O5S/c1-8(19)17-11(15(22)23)7-24-12-6-13(20)18(14(12)21)10-4-2-3-9(16)5-10/h2-5,11-12H,6-7H2,1H3,(H,17,19)(H,22,23). The van der Waals surface area contributed by atoms with Gasteiger partial charge < -0.3 is 10.4 Å². The van der Waals surface area contributed by atoms with Crippen LogP contribution >= 0.6 is 34.4 Å². The van der Waals surface area contributed by atoms with E-state index in [0.717, 1.165) is 20.2 Å². The summed E-state index contributed by atoms with van der Waals surface area (Å²) in [4.78, 5) is 47.9. The largest absolute Gasteiger partial charge is 0.480 e. The second kappa shape index (κ2) is 7.97. The third kappa shape index (κ3) is 4.47. The van der Waals surface area contributed by atoms with E-state index in [9.17, 15) is 19.2 Å². The van der Waals surface area contributed by atoms with Crippen LogP contribution in [0.15, 0.2) is 24.3 Å². The minimum absolute atomic E-state index is 0.0127. The number of aliphatic carboxylic acids is 1. The summed E-state index contributed by atoms with van der Waals surface area (Å²) in [6.45, 7) is 1.23. The molecular weight excluding hydrogens is 447 g/mol. The topological polar surface area (TPSA) is 104 Å². The molecule has 1 fully saturated rings. The number of imide groups is 1. The molecule has 9 heteroatoms. The molecule has 2 unspecified atom stereocenters. The van der Waals surface area contributed by atoms with Crippen LogP contribution in [0.25, 0.3) is 0 Å². The third-order valence-corrected chi connectivity index (χ3v) is 5.28. The number of halogens is 1. The quantitative estimate of drug-likeness (QED) is 0.487. The Balaban J connectivity index is 2.06. The number of rotatable bonds is 6. The molecule has 24 heavy (non-hydrogen) atoms. The molecule has 0 aromatic heterocycles. The summed E-state index contributed by atoms with van der Waals surface area (Å²) < 4.78 is 0.901. The number of amides is 3. The van der Waals surface area contributed by atoms with E-state index in [-0.39, 0.29) is 24.0 Å². The molecule has 7 nitrogen and oxygen atoms in total. The van der Waals surface area contributed by atoms with Gasteiger partial charge in [-0.05, 0) is 40.8 Å². The van der Waals surface area contributed by atoms with Gasteiger partial charge >= 0.3 is 5.97 Å². The molecule has 1 aliphatic rings. The summed E-state index contributed by atoms with van der Waals surface area (Å²) in [6, 6.07) is 5.94. The van der Waals surface area contributed by atoms with Crippen LogP contribution in [0.5, 0.6) is 0 Å². The van der Waals surface area contributed by atoms with Gasteiger partial charge in [-0.3, -0.25) is 14.4 Å². The lowest BCUT2D eigenvalue weighted by molar-refractivity contribution is -0.140. The van der Waals surface area contributed by atoms with Gasteiger partial charge in [0.15, 0.2) is 0 Å². The zero-order chi connectivity index (χ0) is 17.9. The summed E-state index contributed by atoms with van der Waals surface area (Å²) in [5.74, 6) is -2.30. The number of hydrogen-bond donors (Lipinski definition) is 2. The molecule has 0 spiro atoms. The van der Waals surface area contributed by atoms with E-state index in [4.69, 9.17) is 5.11 Å². The molecule has 1 saturated heterocycles. The molecule has 0 saturated carbocycles. The van der Waals surface area contributed by atoms with Gasteiger partial charge in [0.1, 0.15) is 6.04 Å². The second-order valence-electron chi connectivity index (χ2n) is 5.16. The van der Waals surface area contributed by atoms with Crippen molar-refractivity contribution in [1.82, 2.24) is 5.32 Å². The van der Waals surface area contributed by atoms with Crippen LogP contribution in [0.2, 0.25) is 0 Å². The smallest absolute Gasteiger partial charge is 0.327 e. The summed E-state index contributed by atoms with van der Waals surface area (Å²) in [7, 11) is 0. The molecule has 0 radical (unpaired) electrons. The van der Waals surface area contributed by atoms with E-state index in [1.807, 2.05) is 6.07 Å². The molecular formula is C15H15IN2O5S. The average molecular weight is 462 g/mol. The van der Waals surface area contributed by atoms with Crippen molar-refractivity contribution in [3.8, 4) is 0 Å². The lowest BCUT2D eigenvalue weighted by Gasteiger charge is -2.16. The normalized spacial score (nSPS) is 18.6. The van der Waals surface area contributed by atoms with Gasteiger partial charge in [0, 0.05) is 22.7 Å². The van der Waals surface area contributed by atoms with Crippen LogP contribution in [0.3, 0.4) is 0 Å². The van der Waals surface area contributed by atoms with E-state index in [2.05, 4.69) is 27.9 Å². The van der Waals surface area contributed by atoms with Crippen molar-refractivity contribution < 1.29 is 24.3 Å². The van der Waals surface area contributed by atoms with E-state index >= 15 is 0 Å². The first kappa shape index (κ1) is 18.7. The molecule has 1 aliphatic heterocycles. The summed E-state index contributed by atoms with van der Waals surface area (Å²) in [6.07, 6.45) is 0.0153. The van der Waals surface area contributed by atoms with E-state index in [0.29, 0.717) is 5.69 Å². The maximum atomic E-state index is 12.5. The molecule has 1 heterocycles. The van der Waals surface area contributed by atoms with Crippen LogP contribution in [-0.2, 0) is 19.2 Å². The first-order valence-corrected chi connectivity index (χ1v) is 9.16. The fourth-order valence-electron chi connectivity index (χ4n) is 2.25. The highest BCUT2D eigenvalue weighted by atomic mass is 127. The van der Waals surface area contributed by atoms with Crippen LogP contribution in [0.1, 0.15) is 13.3 Å². The Morgan fingerprint density at radius 2 is 2.17 bits per heavy atom. The average Bonchev–Trinajstić information content (AvgIpc) is 2.77. The predicted molar refractivity (Wildman–Crippen MR) is 97.8 cm³/mol. The fraction of sp³-hybridized carbons (Fsp3) is 0.333. The Morgan fingerprint density at radius 3 is 2.75 bits per heavy atom. The van der Waals surface area contributed by atoms with Crippen molar-refractivity contribution in [2.45, 2.75) is 24.6 Å². The monoisotopic (exact) mass is 462 g/mol. The Bertz CT molecular complexity index is 696. The van der Waals surface area contributed by atoms with Crippen molar-refractivity contribution in [1.29, 1.82) is 0 Å². The second-order valence-corrected chi connectivity index (χ2v) is 7.65. The van der Waals surface area contributed by atoms with Crippen molar-refractivity contribution in [3.63, 3.8) is 0 Å². The van der Waals surface area contributed by atoms with Crippen molar-refractivity contribution in [2.24, 2.45) is 0 Å². The Kier molecular flexibility index (Phi) is 6.21. The molecule has 2 N–H and O–H groups in total.